The molecule has 0 N–H and O–H groups in total. The van der Waals surface area contributed by atoms with E-state index in [2.05, 4.69) is 196 Å². The Kier molecular flexibility index (Phi) is 6.21. The van der Waals surface area contributed by atoms with E-state index in [1.165, 1.54) is 121 Å². The smallest absolute Gasteiger partial charge is 0.0159 e. The lowest BCUT2D eigenvalue weighted by molar-refractivity contribution is 0.660. The Hall–Kier alpha value is -6.76. The summed E-state index contributed by atoms with van der Waals surface area (Å²) in [6.07, 6.45) is 0. The summed E-state index contributed by atoms with van der Waals surface area (Å²) in [6, 6.07) is 68.5. The Morgan fingerprint density at radius 3 is 1.64 bits per heavy atom. The second-order valence-corrected chi connectivity index (χ2v) is 16.0. The van der Waals surface area contributed by atoms with Crippen molar-refractivity contribution in [3.05, 3.63) is 193 Å². The van der Waals surface area contributed by atoms with Gasteiger partial charge in [-0.2, -0.15) is 0 Å². The summed E-state index contributed by atoms with van der Waals surface area (Å²) in [5.74, 6) is 0. The molecule has 2 aliphatic rings. The summed E-state index contributed by atoms with van der Waals surface area (Å²) < 4.78 is 0. The maximum absolute atomic E-state index is 2.48. The molecule has 0 nitrogen and oxygen atoms in total. The van der Waals surface area contributed by atoms with E-state index in [-0.39, 0.29) is 5.41 Å². The van der Waals surface area contributed by atoms with Crippen molar-refractivity contribution >= 4 is 43.1 Å². The Balaban J connectivity index is 1.22. The van der Waals surface area contributed by atoms with Crippen LogP contribution in [0.4, 0.5) is 0 Å². The molecule has 0 unspecified atom stereocenters. The zero-order chi connectivity index (χ0) is 36.4. The summed E-state index contributed by atoms with van der Waals surface area (Å²) in [5, 5.41) is 10.3. The molecule has 0 bridgehead atoms. The minimum atomic E-state index is -0.0913. The van der Waals surface area contributed by atoms with Gasteiger partial charge in [0.1, 0.15) is 0 Å². The molecule has 256 valence electrons. The van der Waals surface area contributed by atoms with Crippen LogP contribution in [0.1, 0.15) is 25.0 Å². The Morgan fingerprint density at radius 1 is 0.291 bits per heavy atom. The van der Waals surface area contributed by atoms with Crippen molar-refractivity contribution in [2.75, 3.05) is 0 Å². The monoisotopic (exact) mass is 696 g/mol. The molecule has 12 rings (SSSR count). The van der Waals surface area contributed by atoms with Gasteiger partial charge in [-0.1, -0.05) is 184 Å². The number of hydrogen-bond acceptors (Lipinski definition) is 0. The van der Waals surface area contributed by atoms with Gasteiger partial charge in [-0.25, -0.2) is 0 Å². The van der Waals surface area contributed by atoms with Crippen LogP contribution < -0.4 is 0 Å². The number of fused-ring (bicyclic) bond motifs is 9. The molecule has 0 aromatic heterocycles. The zero-order valence-corrected chi connectivity index (χ0v) is 30.8. The van der Waals surface area contributed by atoms with Gasteiger partial charge in [0, 0.05) is 5.41 Å². The van der Waals surface area contributed by atoms with E-state index in [0.29, 0.717) is 0 Å². The maximum atomic E-state index is 2.48. The van der Waals surface area contributed by atoms with Gasteiger partial charge in [0.15, 0.2) is 0 Å². The first kappa shape index (κ1) is 30.7. The second-order valence-electron chi connectivity index (χ2n) is 16.0. The highest BCUT2D eigenvalue weighted by Gasteiger charge is 2.37. The van der Waals surface area contributed by atoms with E-state index in [1.807, 2.05) is 0 Å². The number of benzene rings is 10. The van der Waals surface area contributed by atoms with Crippen molar-refractivity contribution in [1.29, 1.82) is 0 Å². The van der Waals surface area contributed by atoms with Gasteiger partial charge < -0.3 is 0 Å². The first-order valence-electron chi connectivity index (χ1n) is 19.4. The highest BCUT2D eigenvalue weighted by molar-refractivity contribution is 6.27. The largest absolute Gasteiger partial charge is 0.0619 e. The first-order valence-corrected chi connectivity index (χ1v) is 19.4. The predicted molar refractivity (Wildman–Crippen MR) is 235 cm³/mol. The van der Waals surface area contributed by atoms with Crippen LogP contribution in [0.3, 0.4) is 0 Å². The number of rotatable bonds is 3. The fraction of sp³-hybridized carbons (Fsp3) is 0.0545. The van der Waals surface area contributed by atoms with Crippen LogP contribution in [-0.4, -0.2) is 0 Å². The van der Waals surface area contributed by atoms with Gasteiger partial charge in [-0.3, -0.25) is 0 Å². The van der Waals surface area contributed by atoms with E-state index in [0.717, 1.165) is 0 Å². The lowest BCUT2D eigenvalue weighted by Gasteiger charge is -2.23. The van der Waals surface area contributed by atoms with E-state index in [4.69, 9.17) is 0 Å². The third kappa shape index (κ3) is 4.17. The summed E-state index contributed by atoms with van der Waals surface area (Å²) in [5.41, 5.74) is 18.4. The summed E-state index contributed by atoms with van der Waals surface area (Å²) in [6.45, 7) is 4.76. The molecule has 0 amide bonds. The van der Waals surface area contributed by atoms with Crippen molar-refractivity contribution in [2.24, 2.45) is 0 Å². The molecule has 0 saturated carbocycles. The zero-order valence-electron chi connectivity index (χ0n) is 30.8. The molecule has 0 heteroatoms. The van der Waals surface area contributed by atoms with E-state index >= 15 is 0 Å². The second kappa shape index (κ2) is 11.1. The highest BCUT2D eigenvalue weighted by atomic mass is 14.4. The van der Waals surface area contributed by atoms with Gasteiger partial charge in [0.25, 0.3) is 0 Å². The van der Waals surface area contributed by atoms with Gasteiger partial charge in [0.2, 0.25) is 0 Å². The average Bonchev–Trinajstić information content (AvgIpc) is 3.69. The molecule has 0 spiro atoms. The number of hydrogen-bond donors (Lipinski definition) is 0. The van der Waals surface area contributed by atoms with Crippen LogP contribution in [0.15, 0.2) is 182 Å². The minimum Gasteiger partial charge on any atom is -0.0619 e. The molecule has 0 heterocycles. The van der Waals surface area contributed by atoms with Crippen LogP contribution in [0.5, 0.6) is 0 Å². The Bertz CT molecular complexity index is 3250. The molecule has 0 aliphatic heterocycles. The molecule has 10 aromatic carbocycles. The molecular weight excluding hydrogens is 661 g/mol. The maximum Gasteiger partial charge on any atom is 0.0159 e. The summed E-state index contributed by atoms with van der Waals surface area (Å²) in [4.78, 5) is 0. The van der Waals surface area contributed by atoms with Crippen LogP contribution >= 0.6 is 0 Å². The molecule has 0 saturated heterocycles. The fourth-order valence-corrected chi connectivity index (χ4v) is 10.3. The van der Waals surface area contributed by atoms with Gasteiger partial charge in [-0.05, 0) is 133 Å². The van der Waals surface area contributed by atoms with Crippen molar-refractivity contribution in [2.45, 2.75) is 19.3 Å². The molecule has 0 atom stereocenters. The molecule has 0 fully saturated rings. The lowest BCUT2D eigenvalue weighted by Crippen LogP contribution is -2.14. The predicted octanol–water partition coefficient (Wildman–Crippen LogP) is 15.3. The van der Waals surface area contributed by atoms with Gasteiger partial charge in [-0.15, -0.1) is 0 Å². The molecule has 0 radical (unpaired) electrons. The normalized spacial score (nSPS) is 13.4. The van der Waals surface area contributed by atoms with Crippen molar-refractivity contribution < 1.29 is 0 Å². The average molecular weight is 697 g/mol. The summed E-state index contributed by atoms with van der Waals surface area (Å²) >= 11 is 0. The Labute approximate surface area is 321 Å². The lowest BCUT2D eigenvalue weighted by atomic mass is 9.80. The van der Waals surface area contributed by atoms with E-state index in [9.17, 15) is 0 Å². The quantitative estimate of drug-likeness (QED) is 0.161. The van der Waals surface area contributed by atoms with Crippen molar-refractivity contribution in [3.63, 3.8) is 0 Å². The topological polar surface area (TPSA) is 0 Å². The molecular formula is C55H36. The molecule has 10 aromatic rings. The van der Waals surface area contributed by atoms with Crippen LogP contribution in [0, 0.1) is 0 Å². The minimum absolute atomic E-state index is 0.0913. The molecule has 2 aliphatic carbocycles. The SMILES string of the molecule is CC1(C)c2ccccc2-c2c(-c3c4ccccc4c(-c4ccc5c6c(cccc46)-c4ccccc4-5)c4ccc(-c5ccc6ccccc6c5)cc34)cccc21. The van der Waals surface area contributed by atoms with E-state index in [1.54, 1.807) is 0 Å². The highest BCUT2D eigenvalue weighted by Crippen LogP contribution is 2.56. The fourth-order valence-electron chi connectivity index (χ4n) is 10.3. The van der Waals surface area contributed by atoms with E-state index < -0.39 is 0 Å². The standard InChI is InChI=1S/C55H36/c1-55(2)49-23-10-9-19-46(49)54-47(22-12-24-50(54)55)53-41-18-8-7-17-40(41)52(44-30-29-43-38-16-6-5-15-37(38)39-20-11-21-42(44)51(39)43)45-28-27-36(32-48(45)53)35-26-25-33-13-3-4-14-34(33)31-35/h3-32H,1-2H3. The van der Waals surface area contributed by atoms with Gasteiger partial charge >= 0.3 is 0 Å². The molecule has 55 heavy (non-hydrogen) atoms. The van der Waals surface area contributed by atoms with Crippen LogP contribution in [0.25, 0.3) is 110 Å². The van der Waals surface area contributed by atoms with Crippen molar-refractivity contribution in [1.82, 2.24) is 0 Å². The van der Waals surface area contributed by atoms with Crippen LogP contribution in [0.2, 0.25) is 0 Å². The third-order valence-electron chi connectivity index (χ3n) is 12.8. The van der Waals surface area contributed by atoms with Gasteiger partial charge in [0.05, 0.1) is 0 Å². The summed E-state index contributed by atoms with van der Waals surface area (Å²) in [7, 11) is 0. The first-order chi connectivity index (χ1) is 27.1. The van der Waals surface area contributed by atoms with Crippen LogP contribution in [-0.2, 0) is 5.41 Å². The van der Waals surface area contributed by atoms with Crippen molar-refractivity contribution in [3.8, 4) is 66.8 Å². The Morgan fingerprint density at radius 2 is 0.818 bits per heavy atom. The third-order valence-corrected chi connectivity index (χ3v) is 12.8.